The second-order valence-corrected chi connectivity index (χ2v) is 7.81. The first kappa shape index (κ1) is 16.4. The molecular weight excluding hydrogens is 296 g/mol. The molecule has 0 radical (unpaired) electrons. The Kier molecular flexibility index (Phi) is 4.68. The largest absolute Gasteiger partial charge is 0.214 e. The zero-order valence-corrected chi connectivity index (χ0v) is 13.1. The molecule has 1 N–H and O–H groups in total. The maximum atomic E-state index is 14.0. The van der Waals surface area contributed by atoms with E-state index >= 15 is 0 Å². The smallest absolute Gasteiger partial charge is 0.211 e. The van der Waals surface area contributed by atoms with Crippen molar-refractivity contribution in [2.75, 3.05) is 12.3 Å². The summed E-state index contributed by atoms with van der Waals surface area (Å²) in [5.41, 5.74) is -0.147. The number of unbranched alkanes of at least 4 members (excludes halogenated alkanes) is 1. The molecule has 2 rings (SSSR count). The normalized spacial score (nSPS) is 25.0. The van der Waals surface area contributed by atoms with Crippen LogP contribution in [0.15, 0.2) is 18.2 Å². The minimum atomic E-state index is -3.34. The number of benzene rings is 1. The van der Waals surface area contributed by atoms with Crippen molar-refractivity contribution < 1.29 is 17.2 Å². The molecule has 0 amide bonds. The van der Waals surface area contributed by atoms with E-state index in [1.807, 2.05) is 13.8 Å². The van der Waals surface area contributed by atoms with E-state index in [0.717, 1.165) is 12.5 Å². The van der Waals surface area contributed by atoms with E-state index in [2.05, 4.69) is 4.72 Å². The highest BCUT2D eigenvalue weighted by molar-refractivity contribution is 7.89. The lowest BCUT2D eigenvalue weighted by atomic mass is 9.93. The van der Waals surface area contributed by atoms with Gasteiger partial charge < -0.3 is 0 Å². The molecule has 1 aromatic rings. The van der Waals surface area contributed by atoms with Gasteiger partial charge in [0.05, 0.1) is 5.75 Å². The monoisotopic (exact) mass is 317 g/mol. The molecule has 3 nitrogen and oxygen atoms in total. The molecule has 6 heteroatoms. The molecule has 2 unspecified atom stereocenters. The summed E-state index contributed by atoms with van der Waals surface area (Å²) in [6, 6.07) is 3.50. The fraction of sp³-hybridized carbons (Fsp3) is 0.600. The highest BCUT2D eigenvalue weighted by Gasteiger charge is 2.53. The Morgan fingerprint density at radius 2 is 2.05 bits per heavy atom. The Morgan fingerprint density at radius 1 is 1.38 bits per heavy atom. The van der Waals surface area contributed by atoms with Gasteiger partial charge in [-0.05, 0) is 30.4 Å². The third kappa shape index (κ3) is 3.61. The number of sulfonamides is 1. The van der Waals surface area contributed by atoms with Crippen LogP contribution in [0.1, 0.15) is 38.7 Å². The summed E-state index contributed by atoms with van der Waals surface area (Å²) in [6.07, 6.45) is 2.10. The number of halogens is 2. The van der Waals surface area contributed by atoms with Gasteiger partial charge in [-0.2, -0.15) is 0 Å². The van der Waals surface area contributed by atoms with Crippen LogP contribution >= 0.6 is 0 Å². The SMILES string of the molecule is CCCCS(=O)(=O)NCC1(c2ccc(F)cc2F)CC1C. The summed E-state index contributed by atoms with van der Waals surface area (Å²) in [7, 11) is -3.34. The van der Waals surface area contributed by atoms with Crippen molar-refractivity contribution in [2.45, 2.75) is 38.5 Å². The van der Waals surface area contributed by atoms with Crippen LogP contribution in [0.4, 0.5) is 8.78 Å². The van der Waals surface area contributed by atoms with Crippen molar-refractivity contribution in [3.8, 4) is 0 Å². The van der Waals surface area contributed by atoms with Gasteiger partial charge in [0.15, 0.2) is 0 Å². The summed E-state index contributed by atoms with van der Waals surface area (Å²) in [4.78, 5) is 0. The Hall–Kier alpha value is -1.01. The molecule has 1 aliphatic rings. The Morgan fingerprint density at radius 3 is 2.57 bits per heavy atom. The predicted molar refractivity (Wildman–Crippen MR) is 78.5 cm³/mol. The van der Waals surface area contributed by atoms with Gasteiger partial charge in [0.2, 0.25) is 10.0 Å². The van der Waals surface area contributed by atoms with Crippen LogP contribution in [0.25, 0.3) is 0 Å². The van der Waals surface area contributed by atoms with Crippen molar-refractivity contribution in [2.24, 2.45) is 5.92 Å². The standard InChI is InChI=1S/C15H21F2NO2S/c1-3-4-7-21(19,20)18-10-15(9-11(15)2)13-6-5-12(16)8-14(13)17/h5-6,8,11,18H,3-4,7,9-10H2,1-2H3. The van der Waals surface area contributed by atoms with Gasteiger partial charge in [-0.1, -0.05) is 26.3 Å². The van der Waals surface area contributed by atoms with Crippen molar-refractivity contribution in [3.63, 3.8) is 0 Å². The van der Waals surface area contributed by atoms with Gasteiger partial charge in [0.25, 0.3) is 0 Å². The molecule has 0 saturated heterocycles. The highest BCUT2D eigenvalue weighted by atomic mass is 32.2. The van der Waals surface area contributed by atoms with Gasteiger partial charge in [0.1, 0.15) is 11.6 Å². The molecule has 0 aliphatic heterocycles. The van der Waals surface area contributed by atoms with Crippen LogP contribution in [0.2, 0.25) is 0 Å². The number of nitrogens with one attached hydrogen (secondary N) is 1. The summed E-state index contributed by atoms with van der Waals surface area (Å²) in [5, 5.41) is 0. The van der Waals surface area contributed by atoms with E-state index in [1.54, 1.807) is 0 Å². The van der Waals surface area contributed by atoms with Crippen molar-refractivity contribution in [3.05, 3.63) is 35.4 Å². The molecule has 0 heterocycles. The van der Waals surface area contributed by atoms with E-state index in [0.29, 0.717) is 18.4 Å². The molecule has 118 valence electrons. The first-order valence-electron chi connectivity index (χ1n) is 7.23. The van der Waals surface area contributed by atoms with Gasteiger partial charge in [-0.25, -0.2) is 21.9 Å². The van der Waals surface area contributed by atoms with Gasteiger partial charge in [0, 0.05) is 18.0 Å². The average molecular weight is 317 g/mol. The van der Waals surface area contributed by atoms with E-state index in [-0.39, 0.29) is 18.2 Å². The fourth-order valence-corrected chi connectivity index (χ4v) is 4.03. The number of rotatable bonds is 7. The second kappa shape index (κ2) is 6.01. The van der Waals surface area contributed by atoms with Crippen molar-refractivity contribution in [1.29, 1.82) is 0 Å². The lowest BCUT2D eigenvalue weighted by molar-refractivity contribution is 0.517. The molecule has 1 aromatic carbocycles. The summed E-state index contributed by atoms with van der Waals surface area (Å²) in [6.45, 7) is 4.04. The molecule has 21 heavy (non-hydrogen) atoms. The molecule has 1 fully saturated rings. The highest BCUT2D eigenvalue weighted by Crippen LogP contribution is 2.54. The molecular formula is C15H21F2NO2S. The van der Waals surface area contributed by atoms with Gasteiger partial charge in [-0.15, -0.1) is 0 Å². The Balaban J connectivity index is 2.13. The minimum absolute atomic E-state index is 0.0832. The van der Waals surface area contributed by atoms with E-state index < -0.39 is 27.1 Å². The van der Waals surface area contributed by atoms with E-state index in [1.165, 1.54) is 12.1 Å². The second-order valence-electron chi connectivity index (χ2n) is 5.88. The lowest BCUT2D eigenvalue weighted by Crippen LogP contribution is -2.35. The average Bonchev–Trinajstić information content (AvgIpc) is 3.06. The third-order valence-corrected chi connectivity index (χ3v) is 5.71. The quantitative estimate of drug-likeness (QED) is 0.840. The van der Waals surface area contributed by atoms with Crippen LogP contribution in [-0.2, 0) is 15.4 Å². The first-order valence-corrected chi connectivity index (χ1v) is 8.89. The van der Waals surface area contributed by atoms with Crippen LogP contribution in [0.3, 0.4) is 0 Å². The molecule has 0 bridgehead atoms. The topological polar surface area (TPSA) is 46.2 Å². The zero-order chi connectivity index (χ0) is 15.7. The van der Waals surface area contributed by atoms with Gasteiger partial charge >= 0.3 is 0 Å². The van der Waals surface area contributed by atoms with Crippen LogP contribution in [0, 0.1) is 17.6 Å². The zero-order valence-electron chi connectivity index (χ0n) is 12.3. The Labute approximate surface area is 124 Å². The minimum Gasteiger partial charge on any atom is -0.214 e. The number of hydrogen-bond donors (Lipinski definition) is 1. The molecule has 1 saturated carbocycles. The van der Waals surface area contributed by atoms with Crippen LogP contribution < -0.4 is 4.72 Å². The molecule has 0 spiro atoms. The van der Waals surface area contributed by atoms with Crippen LogP contribution in [-0.4, -0.2) is 20.7 Å². The summed E-state index contributed by atoms with van der Waals surface area (Å²) in [5.74, 6) is -0.971. The maximum absolute atomic E-state index is 14.0. The van der Waals surface area contributed by atoms with E-state index in [9.17, 15) is 17.2 Å². The van der Waals surface area contributed by atoms with Crippen LogP contribution in [0.5, 0.6) is 0 Å². The number of hydrogen-bond acceptors (Lipinski definition) is 2. The molecule has 1 aliphatic carbocycles. The molecule has 2 atom stereocenters. The lowest BCUT2D eigenvalue weighted by Gasteiger charge is -2.19. The maximum Gasteiger partial charge on any atom is 0.211 e. The molecule has 0 aromatic heterocycles. The third-order valence-electron chi connectivity index (χ3n) is 4.30. The fourth-order valence-electron chi connectivity index (χ4n) is 2.74. The predicted octanol–water partition coefficient (Wildman–Crippen LogP) is 2.96. The summed E-state index contributed by atoms with van der Waals surface area (Å²) >= 11 is 0. The summed E-state index contributed by atoms with van der Waals surface area (Å²) < 4.78 is 53.3. The first-order chi connectivity index (χ1) is 9.81. The Bertz CT molecular complexity index is 618. The van der Waals surface area contributed by atoms with Crippen molar-refractivity contribution in [1.82, 2.24) is 4.72 Å². The van der Waals surface area contributed by atoms with E-state index in [4.69, 9.17) is 0 Å². The van der Waals surface area contributed by atoms with Crippen molar-refractivity contribution >= 4 is 10.0 Å². The van der Waals surface area contributed by atoms with Gasteiger partial charge in [-0.3, -0.25) is 0 Å².